The van der Waals surface area contributed by atoms with E-state index in [1.54, 1.807) is 0 Å². The molecule has 0 spiro atoms. The summed E-state index contributed by atoms with van der Waals surface area (Å²) in [6.45, 7) is 5.72. The van der Waals surface area contributed by atoms with Crippen molar-refractivity contribution in [2.75, 3.05) is 13.6 Å². The topological polar surface area (TPSA) is 15.3 Å². The van der Waals surface area contributed by atoms with Crippen molar-refractivity contribution in [2.24, 2.45) is 0 Å². The van der Waals surface area contributed by atoms with E-state index < -0.39 is 0 Å². The van der Waals surface area contributed by atoms with Crippen LogP contribution in [0.25, 0.3) is 0 Å². The summed E-state index contributed by atoms with van der Waals surface area (Å²) in [5.74, 6) is 0. The molecule has 1 heterocycles. The highest BCUT2D eigenvalue weighted by atomic mass is 35.5. The number of nitrogens with one attached hydrogen (secondary N) is 1. The summed E-state index contributed by atoms with van der Waals surface area (Å²) in [6, 6.07) is 10.0. The number of benzene rings is 1. The molecule has 0 amide bonds. The van der Waals surface area contributed by atoms with Gasteiger partial charge in [0.15, 0.2) is 0 Å². The highest BCUT2D eigenvalue weighted by Gasteiger charge is 2.26. The molecule has 1 aromatic rings. The summed E-state index contributed by atoms with van der Waals surface area (Å²) in [6.07, 6.45) is 2.31. The summed E-state index contributed by atoms with van der Waals surface area (Å²) in [7, 11) is 2.20. The van der Waals surface area contributed by atoms with Gasteiger partial charge >= 0.3 is 0 Å². The molecule has 2 rings (SSSR count). The molecule has 100 valence electrons. The highest BCUT2D eigenvalue weighted by Crippen LogP contribution is 2.16. The van der Waals surface area contributed by atoms with Gasteiger partial charge in [0.1, 0.15) is 0 Å². The number of hydrogen-bond donors (Lipinski definition) is 1. The Balaban J connectivity index is 1.82. The van der Waals surface area contributed by atoms with Crippen molar-refractivity contribution in [3.8, 4) is 0 Å². The van der Waals surface area contributed by atoms with Crippen LogP contribution in [-0.4, -0.2) is 36.6 Å². The summed E-state index contributed by atoms with van der Waals surface area (Å²) in [5.41, 5.74) is 1.35. The first kappa shape index (κ1) is 13.9. The Morgan fingerprint density at radius 3 is 2.61 bits per heavy atom. The standard InChI is InChI=1S/C15H23ClN2/c1-11(8-13-4-6-14(16)7-5-13)17-15-9-12(2)18(3)10-15/h4-7,11-12,15,17H,8-10H2,1-3H3. The smallest absolute Gasteiger partial charge is 0.0406 e. The summed E-state index contributed by atoms with van der Waals surface area (Å²) in [4.78, 5) is 2.42. The fraction of sp³-hybridized carbons (Fsp3) is 0.600. The Morgan fingerprint density at radius 2 is 2.06 bits per heavy atom. The minimum absolute atomic E-state index is 0.509. The van der Waals surface area contributed by atoms with Crippen molar-refractivity contribution < 1.29 is 0 Å². The molecule has 1 aliphatic heterocycles. The molecular weight excluding hydrogens is 244 g/mol. The van der Waals surface area contributed by atoms with Crippen LogP contribution in [0.4, 0.5) is 0 Å². The van der Waals surface area contributed by atoms with E-state index in [0.29, 0.717) is 18.1 Å². The third kappa shape index (κ3) is 3.71. The maximum Gasteiger partial charge on any atom is 0.0406 e. The third-order valence-corrected chi connectivity index (χ3v) is 4.11. The first-order valence-electron chi connectivity index (χ1n) is 6.75. The van der Waals surface area contributed by atoms with E-state index in [4.69, 9.17) is 11.6 Å². The summed E-state index contributed by atoms with van der Waals surface area (Å²) in [5, 5.41) is 4.54. The number of hydrogen-bond acceptors (Lipinski definition) is 2. The zero-order chi connectivity index (χ0) is 13.1. The van der Waals surface area contributed by atoms with E-state index in [9.17, 15) is 0 Å². The largest absolute Gasteiger partial charge is 0.310 e. The molecule has 1 aliphatic rings. The lowest BCUT2D eigenvalue weighted by Gasteiger charge is -2.19. The summed E-state index contributed by atoms with van der Waals surface area (Å²) >= 11 is 5.90. The normalized spacial score (nSPS) is 26.4. The van der Waals surface area contributed by atoms with Crippen molar-refractivity contribution in [3.05, 3.63) is 34.9 Å². The van der Waals surface area contributed by atoms with E-state index >= 15 is 0 Å². The van der Waals surface area contributed by atoms with Crippen molar-refractivity contribution in [3.63, 3.8) is 0 Å². The Hall–Kier alpha value is -0.570. The van der Waals surface area contributed by atoms with Gasteiger partial charge in [-0.3, -0.25) is 0 Å². The predicted molar refractivity (Wildman–Crippen MR) is 78.3 cm³/mol. The Kier molecular flexibility index (Phi) is 4.66. The van der Waals surface area contributed by atoms with Crippen molar-refractivity contribution in [2.45, 2.75) is 44.8 Å². The van der Waals surface area contributed by atoms with Crippen LogP contribution in [-0.2, 0) is 6.42 Å². The molecule has 2 nitrogen and oxygen atoms in total. The fourth-order valence-corrected chi connectivity index (χ4v) is 2.88. The van der Waals surface area contributed by atoms with Gasteiger partial charge in [0.25, 0.3) is 0 Å². The first-order chi connectivity index (χ1) is 8.54. The third-order valence-electron chi connectivity index (χ3n) is 3.86. The first-order valence-corrected chi connectivity index (χ1v) is 7.13. The number of nitrogens with zero attached hydrogens (tertiary/aromatic N) is 1. The molecule has 1 N–H and O–H groups in total. The second-order valence-electron chi connectivity index (χ2n) is 5.62. The molecule has 1 saturated heterocycles. The number of rotatable bonds is 4. The second-order valence-corrected chi connectivity index (χ2v) is 6.06. The maximum absolute atomic E-state index is 5.90. The predicted octanol–water partition coefficient (Wildman–Crippen LogP) is 2.95. The lowest BCUT2D eigenvalue weighted by Crippen LogP contribution is -2.39. The second kappa shape index (κ2) is 6.05. The molecular formula is C15H23ClN2. The van der Waals surface area contributed by atoms with Gasteiger partial charge in [-0.05, 0) is 51.4 Å². The van der Waals surface area contributed by atoms with E-state index in [1.807, 2.05) is 12.1 Å². The van der Waals surface area contributed by atoms with Gasteiger partial charge in [-0.2, -0.15) is 0 Å². The van der Waals surface area contributed by atoms with Crippen molar-refractivity contribution in [1.82, 2.24) is 10.2 Å². The molecule has 0 aromatic heterocycles. The zero-order valence-electron chi connectivity index (χ0n) is 11.5. The molecule has 3 unspecified atom stereocenters. The number of likely N-dealkylation sites (tertiary alicyclic amines) is 1. The van der Waals surface area contributed by atoms with Crippen molar-refractivity contribution in [1.29, 1.82) is 0 Å². The van der Waals surface area contributed by atoms with Gasteiger partial charge in [-0.25, -0.2) is 0 Å². The Morgan fingerprint density at radius 1 is 1.39 bits per heavy atom. The molecule has 0 radical (unpaired) electrons. The molecule has 1 aromatic carbocycles. The van der Waals surface area contributed by atoms with E-state index in [-0.39, 0.29) is 0 Å². The Labute approximate surface area is 115 Å². The van der Waals surface area contributed by atoms with Crippen molar-refractivity contribution >= 4 is 11.6 Å². The van der Waals surface area contributed by atoms with Gasteiger partial charge in [0.05, 0.1) is 0 Å². The number of halogens is 1. The minimum atomic E-state index is 0.509. The minimum Gasteiger partial charge on any atom is -0.310 e. The van der Waals surface area contributed by atoms with Gasteiger partial charge in [0.2, 0.25) is 0 Å². The number of likely N-dealkylation sites (N-methyl/N-ethyl adjacent to an activating group) is 1. The van der Waals surface area contributed by atoms with Crippen LogP contribution in [0.15, 0.2) is 24.3 Å². The average Bonchev–Trinajstić information content (AvgIpc) is 2.61. The molecule has 0 bridgehead atoms. The average molecular weight is 267 g/mol. The van der Waals surface area contributed by atoms with E-state index in [0.717, 1.165) is 18.0 Å². The van der Waals surface area contributed by atoms with Crippen LogP contribution < -0.4 is 5.32 Å². The summed E-state index contributed by atoms with van der Waals surface area (Å²) < 4.78 is 0. The highest BCUT2D eigenvalue weighted by molar-refractivity contribution is 6.30. The quantitative estimate of drug-likeness (QED) is 0.902. The van der Waals surface area contributed by atoms with Crippen LogP contribution in [0.5, 0.6) is 0 Å². The molecule has 0 aliphatic carbocycles. The fourth-order valence-electron chi connectivity index (χ4n) is 2.75. The van der Waals surface area contributed by atoms with Gasteiger partial charge in [0, 0.05) is 29.7 Å². The molecule has 3 heteroatoms. The van der Waals surface area contributed by atoms with Crippen LogP contribution >= 0.6 is 11.6 Å². The SMILES string of the molecule is CC(Cc1ccc(Cl)cc1)NC1CC(C)N(C)C1. The molecule has 3 atom stereocenters. The van der Waals surface area contributed by atoms with Crippen LogP contribution in [0.1, 0.15) is 25.8 Å². The lowest BCUT2D eigenvalue weighted by atomic mass is 10.1. The Bertz CT molecular complexity index is 367. The monoisotopic (exact) mass is 266 g/mol. The van der Waals surface area contributed by atoms with Crippen LogP contribution in [0, 0.1) is 0 Å². The van der Waals surface area contributed by atoms with Gasteiger partial charge in [-0.1, -0.05) is 23.7 Å². The van der Waals surface area contributed by atoms with Crippen LogP contribution in [0.2, 0.25) is 5.02 Å². The van der Waals surface area contributed by atoms with E-state index in [2.05, 4.69) is 43.2 Å². The maximum atomic E-state index is 5.90. The van der Waals surface area contributed by atoms with Gasteiger partial charge < -0.3 is 10.2 Å². The van der Waals surface area contributed by atoms with Gasteiger partial charge in [-0.15, -0.1) is 0 Å². The van der Waals surface area contributed by atoms with E-state index in [1.165, 1.54) is 12.0 Å². The van der Waals surface area contributed by atoms with Crippen LogP contribution in [0.3, 0.4) is 0 Å². The molecule has 0 saturated carbocycles. The molecule has 18 heavy (non-hydrogen) atoms. The lowest BCUT2D eigenvalue weighted by molar-refractivity contribution is 0.324. The zero-order valence-corrected chi connectivity index (χ0v) is 12.2. The molecule has 1 fully saturated rings.